The molecule has 0 heterocycles. The number of aryl methyl sites for hydroxylation is 1. The zero-order valence-electron chi connectivity index (χ0n) is 6.78. The van der Waals surface area contributed by atoms with Crippen molar-refractivity contribution in [2.45, 2.75) is 6.92 Å². The minimum Gasteiger partial charge on any atom is -0.554 e. The third-order valence-electron chi connectivity index (χ3n) is 0.940. The number of hydrogen-bond acceptors (Lipinski definition) is 2. The van der Waals surface area contributed by atoms with Crippen LogP contribution in [0.2, 0.25) is 0 Å². The van der Waals surface area contributed by atoms with Gasteiger partial charge in [-0.1, -0.05) is 35.9 Å². The van der Waals surface area contributed by atoms with E-state index in [1.54, 1.807) is 0 Å². The summed E-state index contributed by atoms with van der Waals surface area (Å²) in [6.45, 7) is 1.58. The standard InChI is InChI=1S/C7H8.CH2O2.Na/c1-7-5-3-2-4-6-7;2-1-3;/h2-6H,1H3;1H,(H,2,3);/q;;+1/p-1. The molecule has 0 saturated heterocycles. The van der Waals surface area contributed by atoms with Crippen LogP contribution in [0, 0.1) is 6.92 Å². The van der Waals surface area contributed by atoms with Gasteiger partial charge < -0.3 is 9.90 Å². The summed E-state index contributed by atoms with van der Waals surface area (Å²) in [7, 11) is 0. The summed E-state index contributed by atoms with van der Waals surface area (Å²) >= 11 is 0. The van der Waals surface area contributed by atoms with E-state index in [2.05, 4.69) is 19.1 Å². The fourth-order valence-corrected chi connectivity index (χ4v) is 0.534. The smallest absolute Gasteiger partial charge is 0.554 e. The van der Waals surface area contributed by atoms with Crippen molar-refractivity contribution in [3.05, 3.63) is 35.9 Å². The third-order valence-corrected chi connectivity index (χ3v) is 0.940. The molecule has 1 aromatic carbocycles. The Morgan fingerprint density at radius 3 is 1.82 bits per heavy atom. The molecule has 0 radical (unpaired) electrons. The van der Waals surface area contributed by atoms with Gasteiger partial charge in [0.25, 0.3) is 0 Å². The van der Waals surface area contributed by atoms with E-state index in [1.807, 2.05) is 18.2 Å². The Morgan fingerprint density at radius 2 is 1.64 bits per heavy atom. The number of hydrogen-bond donors (Lipinski definition) is 0. The summed E-state index contributed by atoms with van der Waals surface area (Å²) in [6.07, 6.45) is 0. The maximum atomic E-state index is 8.25. The summed E-state index contributed by atoms with van der Waals surface area (Å²) < 4.78 is 0. The van der Waals surface area contributed by atoms with Crippen molar-refractivity contribution >= 4 is 6.47 Å². The average Bonchev–Trinajstić information content (AvgIpc) is 1.91. The molecule has 0 spiro atoms. The number of rotatable bonds is 0. The Balaban J connectivity index is 0. The van der Waals surface area contributed by atoms with Crippen molar-refractivity contribution in [3.8, 4) is 0 Å². The molecule has 0 fully saturated rings. The predicted octanol–water partition coefficient (Wildman–Crippen LogP) is -2.63. The molecule has 0 bridgehead atoms. The van der Waals surface area contributed by atoms with Gasteiger partial charge in [-0.2, -0.15) is 0 Å². The van der Waals surface area contributed by atoms with E-state index in [1.165, 1.54) is 5.56 Å². The number of carbonyl (C=O) groups is 1. The molecule has 54 valence electrons. The van der Waals surface area contributed by atoms with Crippen LogP contribution in [0.3, 0.4) is 0 Å². The van der Waals surface area contributed by atoms with Crippen molar-refractivity contribution in [1.82, 2.24) is 0 Å². The van der Waals surface area contributed by atoms with E-state index < -0.39 is 6.47 Å². The minimum atomic E-state index is -0.500. The molecular weight excluding hydrogens is 151 g/mol. The second-order valence-electron chi connectivity index (χ2n) is 1.75. The summed E-state index contributed by atoms with van der Waals surface area (Å²) in [5, 5.41) is 8.25. The quantitative estimate of drug-likeness (QED) is 0.307. The maximum absolute atomic E-state index is 8.25. The summed E-state index contributed by atoms with van der Waals surface area (Å²) in [5.41, 5.74) is 1.32. The minimum absolute atomic E-state index is 0. The molecule has 1 rings (SSSR count). The van der Waals surface area contributed by atoms with Crippen LogP contribution in [0.15, 0.2) is 30.3 Å². The maximum Gasteiger partial charge on any atom is 1.00 e. The van der Waals surface area contributed by atoms with E-state index >= 15 is 0 Å². The summed E-state index contributed by atoms with van der Waals surface area (Å²) in [5.74, 6) is 0. The van der Waals surface area contributed by atoms with Gasteiger partial charge in [0.05, 0.1) is 0 Å². The SMILES string of the molecule is Cc1ccccc1.O=C[O-].[Na+]. The molecule has 0 aliphatic heterocycles. The molecule has 3 heteroatoms. The van der Waals surface area contributed by atoms with Gasteiger partial charge in [-0.15, -0.1) is 0 Å². The first-order chi connectivity index (χ1) is 4.81. The van der Waals surface area contributed by atoms with Crippen LogP contribution >= 0.6 is 0 Å². The van der Waals surface area contributed by atoms with Crippen LogP contribution in [0.25, 0.3) is 0 Å². The van der Waals surface area contributed by atoms with Crippen LogP contribution in [0.4, 0.5) is 0 Å². The largest absolute Gasteiger partial charge is 1.00 e. The molecule has 0 saturated carbocycles. The molecule has 11 heavy (non-hydrogen) atoms. The zero-order valence-corrected chi connectivity index (χ0v) is 8.78. The molecule has 0 atom stereocenters. The molecule has 0 unspecified atom stereocenters. The molecule has 0 aliphatic rings. The van der Waals surface area contributed by atoms with Gasteiger partial charge in [0, 0.05) is 6.47 Å². The van der Waals surface area contributed by atoms with Gasteiger partial charge in [-0.3, -0.25) is 0 Å². The van der Waals surface area contributed by atoms with E-state index in [4.69, 9.17) is 9.90 Å². The Kier molecular flexibility index (Phi) is 11.7. The molecule has 1 aromatic rings. The van der Waals surface area contributed by atoms with Crippen molar-refractivity contribution in [1.29, 1.82) is 0 Å². The van der Waals surface area contributed by atoms with Crippen LogP contribution < -0.4 is 34.7 Å². The van der Waals surface area contributed by atoms with Crippen LogP contribution in [0.1, 0.15) is 5.56 Å². The van der Waals surface area contributed by atoms with Gasteiger partial charge in [0.1, 0.15) is 0 Å². The Bertz CT molecular complexity index is 175. The van der Waals surface area contributed by atoms with Gasteiger partial charge >= 0.3 is 29.6 Å². The summed E-state index contributed by atoms with van der Waals surface area (Å²) in [4.78, 5) is 8.25. The fourth-order valence-electron chi connectivity index (χ4n) is 0.534. The second-order valence-corrected chi connectivity index (χ2v) is 1.75. The monoisotopic (exact) mass is 160 g/mol. The molecule has 0 N–H and O–H groups in total. The zero-order chi connectivity index (χ0) is 7.82. The van der Waals surface area contributed by atoms with Crippen molar-refractivity contribution in [2.24, 2.45) is 0 Å². The average molecular weight is 160 g/mol. The predicted molar refractivity (Wildman–Crippen MR) is 37.2 cm³/mol. The van der Waals surface area contributed by atoms with E-state index in [9.17, 15) is 0 Å². The Morgan fingerprint density at radius 1 is 1.27 bits per heavy atom. The van der Waals surface area contributed by atoms with Gasteiger partial charge in [-0.25, -0.2) is 0 Å². The third kappa shape index (κ3) is 9.69. The van der Waals surface area contributed by atoms with E-state index in [0.717, 1.165) is 0 Å². The second kappa shape index (κ2) is 9.69. The van der Waals surface area contributed by atoms with E-state index in [0.29, 0.717) is 0 Å². The molecule has 2 nitrogen and oxygen atoms in total. The van der Waals surface area contributed by atoms with Crippen molar-refractivity contribution in [3.63, 3.8) is 0 Å². The Hall–Kier alpha value is -0.310. The van der Waals surface area contributed by atoms with Gasteiger partial charge in [0.15, 0.2) is 0 Å². The topological polar surface area (TPSA) is 40.1 Å². The number of carboxylic acid groups (broad SMARTS) is 1. The molecule has 0 aliphatic carbocycles. The molecule has 0 aromatic heterocycles. The molecular formula is C8H9NaO2. The van der Waals surface area contributed by atoms with Crippen LogP contribution in [-0.2, 0) is 4.79 Å². The first-order valence-corrected chi connectivity index (χ1v) is 2.88. The summed E-state index contributed by atoms with van der Waals surface area (Å²) in [6, 6.07) is 10.3. The van der Waals surface area contributed by atoms with Gasteiger partial charge in [0.2, 0.25) is 0 Å². The first-order valence-electron chi connectivity index (χ1n) is 2.88. The molecule has 0 amide bonds. The Labute approximate surface area is 88.5 Å². The van der Waals surface area contributed by atoms with Crippen LogP contribution in [-0.4, -0.2) is 6.47 Å². The van der Waals surface area contributed by atoms with Crippen LogP contribution in [0.5, 0.6) is 0 Å². The first kappa shape index (κ1) is 13.3. The normalized spacial score (nSPS) is 6.64. The number of carbonyl (C=O) groups excluding carboxylic acids is 1. The van der Waals surface area contributed by atoms with Crippen molar-refractivity contribution in [2.75, 3.05) is 0 Å². The van der Waals surface area contributed by atoms with Crippen molar-refractivity contribution < 1.29 is 39.5 Å². The fraction of sp³-hybridized carbons (Fsp3) is 0.125. The number of benzene rings is 1. The van der Waals surface area contributed by atoms with E-state index in [-0.39, 0.29) is 29.6 Å². The van der Waals surface area contributed by atoms with Gasteiger partial charge in [-0.05, 0) is 6.92 Å².